The normalized spacial score (nSPS) is 14.3. The van der Waals surface area contributed by atoms with Crippen LogP contribution < -0.4 is 14.4 Å². The van der Waals surface area contributed by atoms with Crippen LogP contribution in [0.25, 0.3) is 0 Å². The summed E-state index contributed by atoms with van der Waals surface area (Å²) in [5.41, 5.74) is 0.838. The summed E-state index contributed by atoms with van der Waals surface area (Å²) in [4.78, 5) is 28.6. The largest absolute Gasteiger partial charge is 0.494 e. The zero-order valence-electron chi connectivity index (χ0n) is 23.6. The number of ether oxygens (including phenoxy) is 1. The Bertz CT molecular complexity index is 1460. The fourth-order valence-electron chi connectivity index (χ4n) is 4.90. The molecule has 0 saturated heterocycles. The molecule has 0 radical (unpaired) electrons. The molecular formula is C31H35ClFN3O5S. The summed E-state index contributed by atoms with van der Waals surface area (Å²) in [6.07, 6.45) is 3.79. The lowest BCUT2D eigenvalue weighted by atomic mass is 10.1. The Labute approximate surface area is 251 Å². The van der Waals surface area contributed by atoms with Gasteiger partial charge >= 0.3 is 0 Å². The summed E-state index contributed by atoms with van der Waals surface area (Å²) >= 11 is 6.00. The lowest BCUT2D eigenvalue weighted by Crippen LogP contribution is -2.52. The van der Waals surface area contributed by atoms with Crippen molar-refractivity contribution in [1.82, 2.24) is 10.2 Å². The van der Waals surface area contributed by atoms with Crippen LogP contribution in [0.5, 0.6) is 5.75 Å². The molecule has 1 fully saturated rings. The van der Waals surface area contributed by atoms with Crippen molar-refractivity contribution in [2.24, 2.45) is 0 Å². The third-order valence-corrected chi connectivity index (χ3v) is 9.29. The highest BCUT2D eigenvalue weighted by Gasteiger charge is 2.33. The summed E-state index contributed by atoms with van der Waals surface area (Å²) in [5, 5.41) is 3.39. The maximum Gasteiger partial charge on any atom is 0.264 e. The number of carbonyl (C=O) groups excluding carboxylic acids is 2. The van der Waals surface area contributed by atoms with E-state index in [1.165, 1.54) is 53.4 Å². The van der Waals surface area contributed by atoms with Crippen molar-refractivity contribution in [1.29, 1.82) is 0 Å². The molecule has 2 amide bonds. The van der Waals surface area contributed by atoms with E-state index in [0.717, 1.165) is 30.0 Å². The number of rotatable bonds is 12. The molecule has 0 aliphatic heterocycles. The van der Waals surface area contributed by atoms with Crippen LogP contribution in [0.3, 0.4) is 0 Å². The van der Waals surface area contributed by atoms with Crippen LogP contribution in [0.2, 0.25) is 5.02 Å². The number of halogens is 2. The number of amides is 2. The van der Waals surface area contributed by atoms with Gasteiger partial charge in [-0.15, -0.1) is 0 Å². The number of sulfonamides is 1. The van der Waals surface area contributed by atoms with Gasteiger partial charge in [-0.25, -0.2) is 12.8 Å². The average Bonchev–Trinajstić information content (AvgIpc) is 3.49. The van der Waals surface area contributed by atoms with Crippen LogP contribution in [0.15, 0.2) is 77.7 Å². The molecule has 1 N–H and O–H groups in total. The number of nitrogens with zero attached hydrogens (tertiary/aromatic N) is 2. The zero-order chi connectivity index (χ0) is 30.3. The second-order valence-electron chi connectivity index (χ2n) is 10.2. The molecule has 42 heavy (non-hydrogen) atoms. The van der Waals surface area contributed by atoms with E-state index in [2.05, 4.69) is 5.32 Å². The van der Waals surface area contributed by atoms with Crippen LogP contribution in [0.4, 0.5) is 10.1 Å². The topological polar surface area (TPSA) is 96.0 Å². The highest BCUT2D eigenvalue weighted by Crippen LogP contribution is 2.27. The van der Waals surface area contributed by atoms with Gasteiger partial charge in [-0.1, -0.05) is 36.6 Å². The molecule has 4 rings (SSSR count). The molecule has 1 saturated carbocycles. The summed E-state index contributed by atoms with van der Waals surface area (Å²) in [6.45, 7) is 3.28. The Kier molecular flexibility index (Phi) is 10.5. The Hall–Kier alpha value is -3.63. The van der Waals surface area contributed by atoms with Gasteiger partial charge in [0.2, 0.25) is 11.8 Å². The summed E-state index contributed by atoms with van der Waals surface area (Å²) in [7, 11) is -4.23. The first-order valence-electron chi connectivity index (χ1n) is 13.9. The standard InChI is InChI=1S/C31H35ClFN3O5S/c1-3-41-28-16-14-27(15-17-28)36(42(39,40)29-18-10-24(32)11-19-29)21-30(37)35(20-23-8-12-25(33)13-9-23)22(2)31(38)34-26-6-4-5-7-26/h8-19,22,26H,3-7,20-21H2,1-2H3,(H,34,38). The molecule has 0 aromatic heterocycles. The molecule has 3 aromatic carbocycles. The SMILES string of the molecule is CCOc1ccc(N(CC(=O)N(Cc2ccc(F)cc2)C(C)C(=O)NC2CCCC2)S(=O)(=O)c2ccc(Cl)cc2)cc1. The third kappa shape index (κ3) is 7.80. The highest BCUT2D eigenvalue weighted by molar-refractivity contribution is 7.92. The number of nitrogens with one attached hydrogen (secondary N) is 1. The van der Waals surface area contributed by atoms with Crippen LogP contribution in [0.1, 0.15) is 45.1 Å². The van der Waals surface area contributed by atoms with Crippen molar-refractivity contribution in [2.45, 2.75) is 63.1 Å². The number of benzene rings is 3. The molecule has 8 nitrogen and oxygen atoms in total. The van der Waals surface area contributed by atoms with Gasteiger partial charge in [0.15, 0.2) is 0 Å². The lowest BCUT2D eigenvalue weighted by Gasteiger charge is -2.32. The van der Waals surface area contributed by atoms with Crippen LogP contribution in [0, 0.1) is 5.82 Å². The van der Waals surface area contributed by atoms with Crippen LogP contribution >= 0.6 is 11.6 Å². The van der Waals surface area contributed by atoms with E-state index < -0.39 is 34.3 Å². The smallest absolute Gasteiger partial charge is 0.264 e. The van der Waals surface area contributed by atoms with Gasteiger partial charge < -0.3 is 15.0 Å². The Balaban J connectivity index is 1.68. The molecular weight excluding hydrogens is 581 g/mol. The molecule has 0 heterocycles. The third-order valence-electron chi connectivity index (χ3n) is 7.25. The first-order chi connectivity index (χ1) is 20.1. The van der Waals surface area contributed by atoms with Gasteiger partial charge in [0.05, 0.1) is 17.2 Å². The molecule has 11 heteroatoms. The second-order valence-corrected chi connectivity index (χ2v) is 12.5. The molecule has 0 spiro atoms. The van der Waals surface area contributed by atoms with Crippen molar-refractivity contribution >= 4 is 39.1 Å². The zero-order valence-corrected chi connectivity index (χ0v) is 25.2. The van der Waals surface area contributed by atoms with Crippen molar-refractivity contribution < 1.29 is 27.1 Å². The predicted molar refractivity (Wildman–Crippen MR) is 160 cm³/mol. The Morgan fingerprint density at radius 2 is 1.62 bits per heavy atom. The van der Waals surface area contributed by atoms with Gasteiger partial charge in [0.1, 0.15) is 24.2 Å². The van der Waals surface area contributed by atoms with E-state index >= 15 is 0 Å². The van der Waals surface area contributed by atoms with Gasteiger partial charge in [-0.3, -0.25) is 13.9 Å². The number of hydrogen-bond donors (Lipinski definition) is 1. The average molecular weight is 616 g/mol. The summed E-state index contributed by atoms with van der Waals surface area (Å²) < 4.78 is 47.9. The Morgan fingerprint density at radius 1 is 1.00 bits per heavy atom. The van der Waals surface area contributed by atoms with Gasteiger partial charge in [-0.2, -0.15) is 0 Å². The highest BCUT2D eigenvalue weighted by atomic mass is 35.5. The number of anilines is 1. The van der Waals surface area contributed by atoms with E-state index in [9.17, 15) is 22.4 Å². The van der Waals surface area contributed by atoms with Gasteiger partial charge in [0, 0.05) is 17.6 Å². The van der Waals surface area contributed by atoms with Crippen molar-refractivity contribution in [3.05, 3.63) is 89.2 Å². The van der Waals surface area contributed by atoms with E-state index in [4.69, 9.17) is 16.3 Å². The quantitative estimate of drug-likeness (QED) is 0.288. The molecule has 1 atom stereocenters. The number of carbonyl (C=O) groups is 2. The van der Waals surface area contributed by atoms with Crippen molar-refractivity contribution in [2.75, 3.05) is 17.5 Å². The fourth-order valence-corrected chi connectivity index (χ4v) is 6.44. The lowest BCUT2D eigenvalue weighted by molar-refractivity contribution is -0.139. The molecule has 3 aromatic rings. The van der Waals surface area contributed by atoms with Crippen molar-refractivity contribution in [3.63, 3.8) is 0 Å². The van der Waals surface area contributed by atoms with E-state index in [-0.39, 0.29) is 29.1 Å². The van der Waals surface area contributed by atoms with E-state index in [0.29, 0.717) is 22.9 Å². The number of hydrogen-bond acceptors (Lipinski definition) is 5. The van der Waals surface area contributed by atoms with E-state index in [1.54, 1.807) is 31.2 Å². The molecule has 0 bridgehead atoms. The first-order valence-corrected chi connectivity index (χ1v) is 15.8. The molecule has 1 aliphatic rings. The maximum atomic E-state index is 14.0. The van der Waals surface area contributed by atoms with Gasteiger partial charge in [0.25, 0.3) is 10.0 Å². The minimum absolute atomic E-state index is 0.0174. The maximum absolute atomic E-state index is 14.0. The second kappa shape index (κ2) is 14.0. The summed E-state index contributed by atoms with van der Waals surface area (Å²) in [5.74, 6) is -0.809. The monoisotopic (exact) mass is 615 g/mol. The van der Waals surface area contributed by atoms with Crippen LogP contribution in [-0.2, 0) is 26.2 Å². The van der Waals surface area contributed by atoms with E-state index in [1.807, 2.05) is 6.92 Å². The first kappa shape index (κ1) is 31.3. The van der Waals surface area contributed by atoms with Gasteiger partial charge in [-0.05, 0) is 92.9 Å². The minimum Gasteiger partial charge on any atom is -0.494 e. The minimum atomic E-state index is -4.23. The van der Waals surface area contributed by atoms with Crippen LogP contribution in [-0.4, -0.2) is 50.4 Å². The summed E-state index contributed by atoms with van der Waals surface area (Å²) in [6, 6.07) is 16.8. The molecule has 1 aliphatic carbocycles. The molecule has 1 unspecified atom stereocenters. The predicted octanol–water partition coefficient (Wildman–Crippen LogP) is 5.55. The van der Waals surface area contributed by atoms with Crippen molar-refractivity contribution in [3.8, 4) is 5.75 Å². The molecule has 224 valence electrons. The Morgan fingerprint density at radius 3 is 2.21 bits per heavy atom. The fraction of sp³-hybridized carbons (Fsp3) is 0.355.